The van der Waals surface area contributed by atoms with Crippen molar-refractivity contribution >= 4 is 17.9 Å². The van der Waals surface area contributed by atoms with Crippen LogP contribution >= 0.6 is 0 Å². The Labute approximate surface area is 107 Å². The number of hydrogen-bond donors (Lipinski definition) is 1. The minimum atomic E-state index is -0.576. The Balaban J connectivity index is 2.88. The van der Waals surface area contributed by atoms with Crippen LogP contribution in [0.25, 0.3) is 0 Å². The molecule has 0 amide bonds. The summed E-state index contributed by atoms with van der Waals surface area (Å²) < 4.78 is 4.82. The number of rotatable bonds is 4. The maximum atomic E-state index is 11.5. The van der Waals surface area contributed by atoms with Crippen LogP contribution in [0.4, 0.5) is 5.69 Å². The van der Waals surface area contributed by atoms with Gasteiger partial charge in [-0.3, -0.25) is 4.99 Å². The molecule has 1 aromatic carbocycles. The number of nitrogens with zero attached hydrogens (tertiary/aromatic N) is 1. The van der Waals surface area contributed by atoms with Crippen molar-refractivity contribution in [1.29, 1.82) is 0 Å². The van der Waals surface area contributed by atoms with Crippen molar-refractivity contribution < 1.29 is 14.6 Å². The summed E-state index contributed by atoms with van der Waals surface area (Å²) in [6, 6.07) is 7.51. The molecule has 0 heterocycles. The SMILES string of the molecule is CCOC(=O)/C(C=Nc1ccc(C)cc1)=C(/C)O. The van der Waals surface area contributed by atoms with Gasteiger partial charge in [-0.05, 0) is 32.9 Å². The molecule has 0 aliphatic rings. The summed E-state index contributed by atoms with van der Waals surface area (Å²) in [5.41, 5.74) is 1.91. The van der Waals surface area contributed by atoms with E-state index in [1.165, 1.54) is 13.1 Å². The molecule has 0 atom stereocenters. The Morgan fingerprint density at radius 3 is 2.50 bits per heavy atom. The van der Waals surface area contributed by atoms with Crippen molar-refractivity contribution in [2.24, 2.45) is 4.99 Å². The van der Waals surface area contributed by atoms with Gasteiger partial charge in [-0.15, -0.1) is 0 Å². The first-order valence-electron chi connectivity index (χ1n) is 5.72. The van der Waals surface area contributed by atoms with E-state index in [1.54, 1.807) is 6.92 Å². The van der Waals surface area contributed by atoms with Gasteiger partial charge < -0.3 is 9.84 Å². The number of ether oxygens (including phenoxy) is 1. The summed E-state index contributed by atoms with van der Waals surface area (Å²) >= 11 is 0. The summed E-state index contributed by atoms with van der Waals surface area (Å²) in [6.45, 7) is 5.37. The molecule has 1 aromatic rings. The molecule has 0 aliphatic heterocycles. The van der Waals surface area contributed by atoms with Gasteiger partial charge in [-0.2, -0.15) is 0 Å². The Bertz CT molecular complexity index is 468. The minimum Gasteiger partial charge on any atom is -0.512 e. The van der Waals surface area contributed by atoms with Gasteiger partial charge in [-0.25, -0.2) is 4.79 Å². The summed E-state index contributed by atoms with van der Waals surface area (Å²) in [6.07, 6.45) is 1.32. The molecule has 0 saturated carbocycles. The predicted molar refractivity (Wildman–Crippen MR) is 71.3 cm³/mol. The fourth-order valence-corrected chi connectivity index (χ4v) is 1.27. The first-order valence-corrected chi connectivity index (χ1v) is 5.72. The molecule has 4 nitrogen and oxygen atoms in total. The molecule has 0 fully saturated rings. The smallest absolute Gasteiger partial charge is 0.343 e. The maximum Gasteiger partial charge on any atom is 0.343 e. The van der Waals surface area contributed by atoms with Crippen LogP contribution in [-0.2, 0) is 9.53 Å². The van der Waals surface area contributed by atoms with Crippen LogP contribution in [0.5, 0.6) is 0 Å². The standard InChI is InChI=1S/C14H17NO3/c1-4-18-14(17)13(11(3)16)9-15-12-7-5-10(2)6-8-12/h5-9,16H,4H2,1-3H3/b13-11-,15-9?. The van der Waals surface area contributed by atoms with Gasteiger partial charge in [0.05, 0.1) is 12.3 Å². The first kappa shape index (κ1) is 14.0. The van der Waals surface area contributed by atoms with E-state index in [4.69, 9.17) is 4.74 Å². The maximum absolute atomic E-state index is 11.5. The zero-order valence-corrected chi connectivity index (χ0v) is 10.8. The molecule has 18 heavy (non-hydrogen) atoms. The number of hydrogen-bond acceptors (Lipinski definition) is 4. The topological polar surface area (TPSA) is 58.9 Å². The van der Waals surface area contributed by atoms with E-state index >= 15 is 0 Å². The normalized spacial score (nSPS) is 12.4. The third-order valence-electron chi connectivity index (χ3n) is 2.26. The van der Waals surface area contributed by atoms with Crippen LogP contribution in [0, 0.1) is 6.92 Å². The number of carbonyl (C=O) groups is 1. The predicted octanol–water partition coefficient (Wildman–Crippen LogP) is 3.09. The van der Waals surface area contributed by atoms with Crippen molar-refractivity contribution in [2.45, 2.75) is 20.8 Å². The molecule has 0 unspecified atom stereocenters. The van der Waals surface area contributed by atoms with Gasteiger partial charge in [0.25, 0.3) is 0 Å². The number of aryl methyl sites for hydroxylation is 1. The van der Waals surface area contributed by atoms with Crippen LogP contribution in [-0.4, -0.2) is 23.9 Å². The monoisotopic (exact) mass is 247 g/mol. The highest BCUT2D eigenvalue weighted by molar-refractivity contribution is 6.10. The number of carbonyl (C=O) groups excluding carboxylic acids is 1. The zero-order chi connectivity index (χ0) is 13.5. The van der Waals surface area contributed by atoms with E-state index < -0.39 is 5.97 Å². The number of aliphatic imine (C=N–C) groups is 1. The van der Waals surface area contributed by atoms with E-state index in [2.05, 4.69) is 4.99 Å². The van der Waals surface area contributed by atoms with Gasteiger partial charge >= 0.3 is 5.97 Å². The summed E-state index contributed by atoms with van der Waals surface area (Å²) in [4.78, 5) is 15.7. The summed E-state index contributed by atoms with van der Waals surface area (Å²) in [7, 11) is 0. The fourth-order valence-electron chi connectivity index (χ4n) is 1.27. The van der Waals surface area contributed by atoms with Gasteiger partial charge in [0, 0.05) is 6.21 Å². The van der Waals surface area contributed by atoms with Crippen LogP contribution in [0.1, 0.15) is 19.4 Å². The van der Waals surface area contributed by atoms with Gasteiger partial charge in [0.1, 0.15) is 11.3 Å². The largest absolute Gasteiger partial charge is 0.512 e. The molecule has 1 rings (SSSR count). The quantitative estimate of drug-likeness (QED) is 0.385. The molecule has 4 heteroatoms. The third-order valence-corrected chi connectivity index (χ3v) is 2.26. The van der Waals surface area contributed by atoms with Gasteiger partial charge in [0.2, 0.25) is 0 Å². The second kappa shape index (κ2) is 6.59. The lowest BCUT2D eigenvalue weighted by molar-refractivity contribution is -0.138. The lowest BCUT2D eigenvalue weighted by Gasteiger charge is -2.03. The van der Waals surface area contributed by atoms with Gasteiger partial charge in [-0.1, -0.05) is 17.7 Å². The average molecular weight is 247 g/mol. The average Bonchev–Trinajstić information content (AvgIpc) is 2.31. The van der Waals surface area contributed by atoms with Crippen molar-refractivity contribution in [1.82, 2.24) is 0 Å². The molecular weight excluding hydrogens is 230 g/mol. The van der Waals surface area contributed by atoms with Crippen molar-refractivity contribution in [3.05, 3.63) is 41.2 Å². The highest BCUT2D eigenvalue weighted by Crippen LogP contribution is 2.13. The molecule has 0 saturated heterocycles. The Morgan fingerprint density at radius 2 is 2.00 bits per heavy atom. The van der Waals surface area contributed by atoms with Crippen molar-refractivity contribution in [3.63, 3.8) is 0 Å². The molecule has 1 N–H and O–H groups in total. The van der Waals surface area contributed by atoms with Gasteiger partial charge in [0.15, 0.2) is 0 Å². The van der Waals surface area contributed by atoms with Crippen LogP contribution in [0.15, 0.2) is 40.6 Å². The van der Waals surface area contributed by atoms with Crippen LogP contribution in [0.2, 0.25) is 0 Å². The molecule has 0 spiro atoms. The van der Waals surface area contributed by atoms with E-state index in [0.717, 1.165) is 5.56 Å². The highest BCUT2D eigenvalue weighted by atomic mass is 16.5. The third kappa shape index (κ3) is 4.05. The number of esters is 1. The molecular formula is C14H17NO3. The highest BCUT2D eigenvalue weighted by Gasteiger charge is 2.11. The van der Waals surface area contributed by atoms with Crippen LogP contribution < -0.4 is 0 Å². The van der Waals surface area contributed by atoms with E-state index in [0.29, 0.717) is 5.69 Å². The first-order chi connectivity index (χ1) is 8.54. The number of aliphatic hydroxyl groups is 1. The number of allylic oxidation sites excluding steroid dienone is 1. The van der Waals surface area contributed by atoms with E-state index in [9.17, 15) is 9.90 Å². The zero-order valence-electron chi connectivity index (χ0n) is 10.8. The summed E-state index contributed by atoms with van der Waals surface area (Å²) in [5, 5.41) is 9.42. The minimum absolute atomic E-state index is 0.0671. The van der Waals surface area contributed by atoms with Crippen molar-refractivity contribution in [3.8, 4) is 0 Å². The molecule has 0 radical (unpaired) electrons. The lowest BCUT2D eigenvalue weighted by Crippen LogP contribution is -2.10. The second-order valence-electron chi connectivity index (χ2n) is 3.81. The summed E-state index contributed by atoms with van der Waals surface area (Å²) in [5.74, 6) is -0.683. The Kier molecular flexibility index (Phi) is 5.11. The molecule has 0 aliphatic carbocycles. The number of aliphatic hydroxyl groups excluding tert-OH is 1. The second-order valence-corrected chi connectivity index (χ2v) is 3.81. The van der Waals surface area contributed by atoms with Crippen molar-refractivity contribution in [2.75, 3.05) is 6.61 Å². The molecule has 0 aromatic heterocycles. The van der Waals surface area contributed by atoms with E-state index in [1.807, 2.05) is 31.2 Å². The Hall–Kier alpha value is -2.10. The lowest BCUT2D eigenvalue weighted by atomic mass is 10.2. The Morgan fingerprint density at radius 1 is 1.39 bits per heavy atom. The molecule has 0 bridgehead atoms. The number of benzene rings is 1. The van der Waals surface area contributed by atoms with Crippen LogP contribution in [0.3, 0.4) is 0 Å². The molecule has 96 valence electrons. The fraction of sp³-hybridized carbons (Fsp3) is 0.286. The van der Waals surface area contributed by atoms with E-state index in [-0.39, 0.29) is 17.9 Å².